The number of Topliss-reactive ketones (excluding diaryl/α,β-unsaturated/α-hetero) is 1. The highest BCUT2D eigenvalue weighted by atomic mass is 35.5. The molecule has 0 aliphatic rings. The van der Waals surface area contributed by atoms with Crippen LogP contribution in [-0.4, -0.2) is 29.4 Å². The van der Waals surface area contributed by atoms with Gasteiger partial charge in [0.2, 0.25) is 5.28 Å². The van der Waals surface area contributed by atoms with E-state index in [-0.39, 0.29) is 17.5 Å². The highest BCUT2D eigenvalue weighted by Crippen LogP contribution is 2.19. The third-order valence-corrected chi connectivity index (χ3v) is 3.71. The molecule has 1 heterocycles. The Morgan fingerprint density at radius 3 is 2.75 bits per heavy atom. The number of aromatic nitrogens is 2. The number of aryl methyl sites for hydroxylation is 1. The Kier molecular flexibility index (Phi) is 6.55. The van der Waals surface area contributed by atoms with E-state index in [0.717, 1.165) is 24.9 Å². The van der Waals surface area contributed by atoms with Crippen LogP contribution in [0.2, 0.25) is 5.28 Å². The second kappa shape index (κ2) is 8.64. The largest absolute Gasteiger partial charge is 0.497 e. The van der Waals surface area contributed by atoms with Crippen LogP contribution in [0.5, 0.6) is 5.75 Å². The molecule has 0 aliphatic carbocycles. The van der Waals surface area contributed by atoms with Gasteiger partial charge >= 0.3 is 0 Å². The van der Waals surface area contributed by atoms with Gasteiger partial charge in [-0.1, -0.05) is 13.3 Å². The number of benzene rings is 1. The lowest BCUT2D eigenvalue weighted by atomic mass is 10.0. The highest BCUT2D eigenvalue weighted by molar-refractivity contribution is 6.28. The topological polar surface area (TPSA) is 64.1 Å². The number of nitrogens with one attached hydrogen (secondary N) is 1. The first-order chi connectivity index (χ1) is 11.5. The van der Waals surface area contributed by atoms with Crippen LogP contribution in [0.3, 0.4) is 0 Å². The number of unbranched alkanes of at least 4 members (excludes halogenated alkanes) is 1. The van der Waals surface area contributed by atoms with Crippen molar-refractivity contribution in [2.45, 2.75) is 33.1 Å². The number of carbonyl (C=O) groups is 1. The number of hydrogen-bond acceptors (Lipinski definition) is 5. The summed E-state index contributed by atoms with van der Waals surface area (Å²) in [5, 5.41) is 3.34. The van der Waals surface area contributed by atoms with Crippen molar-refractivity contribution in [1.29, 1.82) is 0 Å². The molecule has 1 aromatic heterocycles. The molecule has 0 aliphatic heterocycles. The van der Waals surface area contributed by atoms with Crippen molar-refractivity contribution in [2.75, 3.05) is 19.0 Å². The standard InChI is InChI=1S/C18H22ClN3O2/c1-4-5-6-20-17-11-14(21-18(19)22-17)10-16(23)13-7-12(2)8-15(9-13)24-3/h7-9,11H,4-6,10H2,1-3H3,(H,20,21,22). The van der Waals surface area contributed by atoms with Crippen LogP contribution < -0.4 is 10.1 Å². The molecule has 0 atom stereocenters. The lowest BCUT2D eigenvalue weighted by Gasteiger charge is -2.08. The number of methoxy groups -OCH3 is 1. The van der Waals surface area contributed by atoms with Crippen molar-refractivity contribution in [3.8, 4) is 5.75 Å². The summed E-state index contributed by atoms with van der Waals surface area (Å²) in [6.45, 7) is 4.86. The maximum Gasteiger partial charge on any atom is 0.224 e. The zero-order valence-electron chi connectivity index (χ0n) is 14.2. The Bertz CT molecular complexity index is 719. The number of rotatable bonds is 8. The molecule has 24 heavy (non-hydrogen) atoms. The Labute approximate surface area is 147 Å². The molecule has 1 N–H and O–H groups in total. The molecule has 0 saturated heterocycles. The van der Waals surface area contributed by atoms with Crippen molar-refractivity contribution in [3.63, 3.8) is 0 Å². The lowest BCUT2D eigenvalue weighted by Crippen LogP contribution is -2.09. The van der Waals surface area contributed by atoms with Gasteiger partial charge in [0.15, 0.2) is 5.78 Å². The fourth-order valence-corrected chi connectivity index (χ4v) is 2.53. The maximum absolute atomic E-state index is 12.5. The van der Waals surface area contributed by atoms with E-state index in [2.05, 4.69) is 22.2 Å². The van der Waals surface area contributed by atoms with Crippen LogP contribution in [0.4, 0.5) is 5.82 Å². The van der Waals surface area contributed by atoms with Gasteiger partial charge in [-0.2, -0.15) is 0 Å². The van der Waals surface area contributed by atoms with Gasteiger partial charge in [0.05, 0.1) is 19.2 Å². The Hall–Kier alpha value is -2.14. The number of ketones is 1. The first kappa shape index (κ1) is 18.2. The third-order valence-electron chi connectivity index (χ3n) is 3.54. The molecule has 5 nitrogen and oxygen atoms in total. The minimum Gasteiger partial charge on any atom is -0.497 e. The molecule has 2 aromatic rings. The summed E-state index contributed by atoms with van der Waals surface area (Å²) in [7, 11) is 1.58. The summed E-state index contributed by atoms with van der Waals surface area (Å²) in [4.78, 5) is 20.8. The van der Waals surface area contributed by atoms with E-state index >= 15 is 0 Å². The Morgan fingerprint density at radius 2 is 2.04 bits per heavy atom. The van der Waals surface area contributed by atoms with E-state index in [0.29, 0.717) is 22.8 Å². The molecule has 0 saturated carbocycles. The number of ether oxygens (including phenoxy) is 1. The first-order valence-electron chi connectivity index (χ1n) is 7.98. The van der Waals surface area contributed by atoms with Gasteiger partial charge < -0.3 is 10.1 Å². The minimum absolute atomic E-state index is 0.0359. The highest BCUT2D eigenvalue weighted by Gasteiger charge is 2.12. The molecular formula is C18H22ClN3O2. The predicted octanol–water partition coefficient (Wildman–Crippen LogP) is 4.08. The fourth-order valence-electron chi connectivity index (χ4n) is 2.33. The van der Waals surface area contributed by atoms with Gasteiger partial charge in [-0.15, -0.1) is 0 Å². The number of halogens is 1. The first-order valence-corrected chi connectivity index (χ1v) is 8.36. The molecule has 0 bridgehead atoms. The molecule has 2 rings (SSSR count). The van der Waals surface area contributed by atoms with Gasteiger partial charge in [-0.05, 0) is 48.7 Å². The van der Waals surface area contributed by atoms with Crippen LogP contribution >= 0.6 is 11.6 Å². The molecule has 0 radical (unpaired) electrons. The van der Waals surface area contributed by atoms with Crippen LogP contribution in [0.15, 0.2) is 24.3 Å². The van der Waals surface area contributed by atoms with Crippen molar-refractivity contribution in [2.24, 2.45) is 0 Å². The van der Waals surface area contributed by atoms with Crippen LogP contribution in [-0.2, 0) is 6.42 Å². The lowest BCUT2D eigenvalue weighted by molar-refractivity contribution is 0.0991. The van der Waals surface area contributed by atoms with E-state index in [1.54, 1.807) is 19.2 Å². The summed E-state index contributed by atoms with van der Waals surface area (Å²) in [6, 6.07) is 7.23. The zero-order valence-corrected chi connectivity index (χ0v) is 15.0. The summed E-state index contributed by atoms with van der Waals surface area (Å²) in [5.41, 5.74) is 2.17. The fraction of sp³-hybridized carbons (Fsp3) is 0.389. The second-order valence-corrected chi connectivity index (χ2v) is 5.97. The van der Waals surface area contributed by atoms with E-state index < -0.39 is 0 Å². The minimum atomic E-state index is -0.0359. The SMILES string of the molecule is CCCCNc1cc(CC(=O)c2cc(C)cc(OC)c2)nc(Cl)n1. The number of hydrogen-bond donors (Lipinski definition) is 1. The van der Waals surface area contributed by atoms with Gasteiger partial charge in [0.1, 0.15) is 11.6 Å². The summed E-state index contributed by atoms with van der Waals surface area (Å²) >= 11 is 5.97. The number of carbonyl (C=O) groups excluding carboxylic acids is 1. The van der Waals surface area contributed by atoms with Crippen molar-refractivity contribution in [3.05, 3.63) is 46.4 Å². The smallest absolute Gasteiger partial charge is 0.224 e. The van der Waals surface area contributed by atoms with Gasteiger partial charge in [0, 0.05) is 18.2 Å². The summed E-state index contributed by atoms with van der Waals surface area (Å²) in [5.74, 6) is 1.28. The Morgan fingerprint density at radius 1 is 1.25 bits per heavy atom. The average molecular weight is 348 g/mol. The van der Waals surface area contributed by atoms with Crippen LogP contribution in [0, 0.1) is 6.92 Å². The molecule has 0 spiro atoms. The van der Waals surface area contributed by atoms with E-state index in [1.165, 1.54) is 0 Å². The number of nitrogens with zero attached hydrogens (tertiary/aromatic N) is 2. The molecule has 1 aromatic carbocycles. The average Bonchev–Trinajstić information content (AvgIpc) is 2.54. The molecule has 6 heteroatoms. The summed E-state index contributed by atoms with van der Waals surface area (Å²) < 4.78 is 5.22. The molecule has 0 amide bonds. The van der Waals surface area contributed by atoms with E-state index in [4.69, 9.17) is 16.3 Å². The quantitative estimate of drug-likeness (QED) is 0.442. The van der Waals surface area contributed by atoms with Gasteiger partial charge in [-0.25, -0.2) is 9.97 Å². The maximum atomic E-state index is 12.5. The van der Waals surface area contributed by atoms with Crippen molar-refractivity contribution < 1.29 is 9.53 Å². The van der Waals surface area contributed by atoms with Crippen LogP contribution in [0.25, 0.3) is 0 Å². The molecular weight excluding hydrogens is 326 g/mol. The normalized spacial score (nSPS) is 10.5. The monoisotopic (exact) mass is 347 g/mol. The van der Waals surface area contributed by atoms with Crippen molar-refractivity contribution in [1.82, 2.24) is 9.97 Å². The van der Waals surface area contributed by atoms with Crippen molar-refractivity contribution >= 4 is 23.2 Å². The molecule has 128 valence electrons. The number of anilines is 1. The predicted molar refractivity (Wildman–Crippen MR) is 96.2 cm³/mol. The van der Waals surface area contributed by atoms with Gasteiger partial charge in [-0.3, -0.25) is 4.79 Å². The molecule has 0 fully saturated rings. The molecule has 0 unspecified atom stereocenters. The summed E-state index contributed by atoms with van der Waals surface area (Å²) in [6.07, 6.45) is 2.29. The zero-order chi connectivity index (χ0) is 17.5. The van der Waals surface area contributed by atoms with E-state index in [1.807, 2.05) is 19.1 Å². The van der Waals surface area contributed by atoms with Gasteiger partial charge in [0.25, 0.3) is 0 Å². The third kappa shape index (κ3) is 5.20. The Balaban J connectivity index is 2.15. The second-order valence-electron chi connectivity index (χ2n) is 5.63. The van der Waals surface area contributed by atoms with E-state index in [9.17, 15) is 4.79 Å². The van der Waals surface area contributed by atoms with Crippen LogP contribution in [0.1, 0.15) is 41.4 Å².